The number of benzene rings is 2. The highest BCUT2D eigenvalue weighted by Gasteiger charge is 2.57. The van der Waals surface area contributed by atoms with Crippen LogP contribution >= 0.6 is 23.2 Å². The lowest BCUT2D eigenvalue weighted by atomic mass is 9.67. The third-order valence-corrected chi connectivity index (χ3v) is 7.51. The largest absolute Gasteiger partial charge is 0.442 e. The molecule has 1 heterocycles. The van der Waals surface area contributed by atoms with Crippen molar-refractivity contribution in [3.63, 3.8) is 0 Å². The molecule has 4 nitrogen and oxygen atoms in total. The molecular formula is C27H30Cl2F3NO3. The molecule has 1 saturated heterocycles. The summed E-state index contributed by atoms with van der Waals surface area (Å²) in [6.45, 7) is 7.17. The molecule has 196 valence electrons. The maximum Gasteiger partial charge on any atom is 0.442 e. The summed E-state index contributed by atoms with van der Waals surface area (Å²) in [6, 6.07) is 12.1. The minimum Gasteiger partial charge on any atom is -0.359 e. The summed E-state index contributed by atoms with van der Waals surface area (Å²) in [5.74, 6) is -4.68. The van der Waals surface area contributed by atoms with Gasteiger partial charge in [0.05, 0.1) is 11.5 Å². The van der Waals surface area contributed by atoms with Gasteiger partial charge in [0.2, 0.25) is 5.91 Å². The molecule has 36 heavy (non-hydrogen) atoms. The van der Waals surface area contributed by atoms with Gasteiger partial charge in [-0.05, 0) is 54.7 Å². The number of likely N-dealkylation sites (tertiary alicyclic amines) is 1. The average molecular weight is 544 g/mol. The van der Waals surface area contributed by atoms with Crippen molar-refractivity contribution in [2.45, 2.75) is 69.5 Å². The Bertz CT molecular complexity index is 1090. The Morgan fingerprint density at radius 1 is 1.14 bits per heavy atom. The molecule has 2 aromatic carbocycles. The van der Waals surface area contributed by atoms with Crippen molar-refractivity contribution in [1.29, 1.82) is 0 Å². The van der Waals surface area contributed by atoms with Crippen LogP contribution in [0.5, 0.6) is 0 Å². The summed E-state index contributed by atoms with van der Waals surface area (Å²) >= 11 is 12.4. The number of carbonyl (C=O) groups is 1. The molecule has 1 aliphatic rings. The molecule has 1 amide bonds. The predicted octanol–water partition coefficient (Wildman–Crippen LogP) is 7.04. The smallest absolute Gasteiger partial charge is 0.359 e. The highest BCUT2D eigenvalue weighted by molar-refractivity contribution is 6.30. The topological polar surface area (TPSA) is 60.8 Å². The molecule has 4 atom stereocenters. The molecular weight excluding hydrogens is 514 g/mol. The zero-order valence-corrected chi connectivity index (χ0v) is 21.6. The van der Waals surface area contributed by atoms with Gasteiger partial charge in [-0.1, -0.05) is 67.4 Å². The molecule has 0 saturated carbocycles. The van der Waals surface area contributed by atoms with Gasteiger partial charge in [-0.3, -0.25) is 4.79 Å². The molecule has 3 unspecified atom stereocenters. The van der Waals surface area contributed by atoms with E-state index < -0.39 is 35.9 Å². The van der Waals surface area contributed by atoms with Crippen molar-refractivity contribution in [1.82, 2.24) is 4.90 Å². The summed E-state index contributed by atoms with van der Waals surface area (Å²) in [5.41, 5.74) is 0.516. The van der Waals surface area contributed by atoms with Crippen LogP contribution < -0.4 is 0 Å². The fourth-order valence-corrected chi connectivity index (χ4v) is 5.50. The monoisotopic (exact) mass is 543 g/mol. The second-order valence-electron chi connectivity index (χ2n) is 9.71. The van der Waals surface area contributed by atoms with Crippen LogP contribution in [0.1, 0.15) is 62.6 Å². The number of nitrogens with zero attached hydrogens (tertiary/aromatic N) is 1. The highest BCUT2D eigenvalue weighted by atomic mass is 35.5. The molecule has 0 radical (unpaired) electrons. The van der Waals surface area contributed by atoms with E-state index in [0.717, 1.165) is 5.56 Å². The number of alkyl halides is 3. The minimum absolute atomic E-state index is 0.0706. The van der Waals surface area contributed by atoms with Crippen molar-refractivity contribution in [3.8, 4) is 0 Å². The zero-order chi connectivity index (χ0) is 26.9. The van der Waals surface area contributed by atoms with Gasteiger partial charge in [0.25, 0.3) is 5.79 Å². The number of aliphatic hydroxyl groups is 2. The van der Waals surface area contributed by atoms with Crippen LogP contribution in [0, 0.1) is 5.41 Å². The second kappa shape index (κ2) is 10.7. The van der Waals surface area contributed by atoms with Crippen LogP contribution in [-0.2, 0) is 4.79 Å². The van der Waals surface area contributed by atoms with Crippen LogP contribution in [0.3, 0.4) is 0 Å². The summed E-state index contributed by atoms with van der Waals surface area (Å²) in [4.78, 5) is 15.5. The minimum atomic E-state index is -5.29. The lowest BCUT2D eigenvalue weighted by Crippen LogP contribution is -2.58. The zero-order valence-electron chi connectivity index (χ0n) is 20.1. The molecule has 0 aliphatic carbocycles. The maximum atomic E-state index is 14.0. The van der Waals surface area contributed by atoms with Crippen molar-refractivity contribution in [2.75, 3.05) is 0 Å². The number of hydrogen-bond acceptors (Lipinski definition) is 3. The van der Waals surface area contributed by atoms with Gasteiger partial charge in [0.15, 0.2) is 0 Å². The Kier molecular flexibility index (Phi) is 8.50. The van der Waals surface area contributed by atoms with Crippen LogP contribution in [0.25, 0.3) is 0 Å². The average Bonchev–Trinajstić information content (AvgIpc) is 2.79. The van der Waals surface area contributed by atoms with E-state index in [-0.39, 0.29) is 18.2 Å². The number of allylic oxidation sites excluding steroid dienone is 1. The third kappa shape index (κ3) is 5.75. The molecule has 1 aliphatic heterocycles. The van der Waals surface area contributed by atoms with E-state index in [1.54, 1.807) is 62.4 Å². The Balaban J connectivity index is 2.24. The lowest BCUT2D eigenvalue weighted by Gasteiger charge is -2.52. The number of amides is 1. The Morgan fingerprint density at radius 3 is 2.31 bits per heavy atom. The first-order valence-electron chi connectivity index (χ1n) is 11.7. The standard InChI is InChI=1S/C27H30Cl2F3NO3/c1-4-13-25(3)16-22(18-7-6-8-20(29)14-18)23(17-9-11-19(28)12-10-17)33(24(25)34)21(5-2)15-26(35,36)27(30,31)32/h4,6-12,14,21-23,35-36H,1,5,13,15-16H2,2-3H3/t21?,22?,23?,25-/m0/s1. The number of hydrogen-bond donors (Lipinski definition) is 2. The summed E-state index contributed by atoms with van der Waals surface area (Å²) in [5, 5.41) is 20.9. The third-order valence-electron chi connectivity index (χ3n) is 7.02. The van der Waals surface area contributed by atoms with Crippen molar-refractivity contribution < 1.29 is 28.2 Å². The van der Waals surface area contributed by atoms with Gasteiger partial charge in [-0.2, -0.15) is 13.2 Å². The second-order valence-corrected chi connectivity index (χ2v) is 10.6. The van der Waals surface area contributed by atoms with E-state index in [9.17, 15) is 28.2 Å². The van der Waals surface area contributed by atoms with Crippen LogP contribution in [-0.4, -0.2) is 39.0 Å². The number of piperidine rings is 1. The van der Waals surface area contributed by atoms with Gasteiger partial charge in [-0.15, -0.1) is 6.58 Å². The molecule has 0 bridgehead atoms. The maximum absolute atomic E-state index is 14.0. The number of rotatable bonds is 8. The number of carbonyl (C=O) groups excluding carboxylic acids is 1. The molecule has 2 aromatic rings. The van der Waals surface area contributed by atoms with Crippen molar-refractivity contribution >= 4 is 29.1 Å². The first kappa shape index (κ1) is 28.5. The molecule has 3 rings (SSSR count). The first-order chi connectivity index (χ1) is 16.7. The molecule has 0 aromatic heterocycles. The fraction of sp³-hybridized carbons (Fsp3) is 0.444. The van der Waals surface area contributed by atoms with E-state index in [4.69, 9.17) is 23.2 Å². The molecule has 1 fully saturated rings. The van der Waals surface area contributed by atoms with Crippen molar-refractivity contribution in [2.24, 2.45) is 5.41 Å². The summed E-state index contributed by atoms with van der Waals surface area (Å²) in [6.07, 6.45) is -4.00. The van der Waals surface area contributed by atoms with Gasteiger partial charge in [0.1, 0.15) is 0 Å². The predicted molar refractivity (Wildman–Crippen MR) is 135 cm³/mol. The SMILES string of the molecule is C=CC[C@@]1(C)CC(c2cccc(Cl)c2)C(c2ccc(Cl)cc2)N(C(CC)CC(O)(O)C(F)(F)F)C1=O. The quantitative estimate of drug-likeness (QED) is 0.277. The van der Waals surface area contributed by atoms with Gasteiger partial charge in [-0.25, -0.2) is 0 Å². The van der Waals surface area contributed by atoms with E-state index >= 15 is 0 Å². The van der Waals surface area contributed by atoms with Crippen LogP contribution in [0.15, 0.2) is 61.2 Å². The Labute approximate surface area is 219 Å². The van der Waals surface area contributed by atoms with E-state index in [2.05, 4.69) is 6.58 Å². The van der Waals surface area contributed by atoms with E-state index in [1.165, 1.54) is 4.90 Å². The number of halogens is 5. The van der Waals surface area contributed by atoms with Crippen LogP contribution in [0.2, 0.25) is 10.0 Å². The van der Waals surface area contributed by atoms with E-state index in [1.807, 2.05) is 6.07 Å². The van der Waals surface area contributed by atoms with Gasteiger partial charge < -0.3 is 15.1 Å². The summed E-state index contributed by atoms with van der Waals surface area (Å²) in [7, 11) is 0. The lowest BCUT2D eigenvalue weighted by molar-refractivity contribution is -0.354. The first-order valence-corrected chi connectivity index (χ1v) is 12.5. The molecule has 9 heteroatoms. The fourth-order valence-electron chi connectivity index (χ4n) is 5.17. The van der Waals surface area contributed by atoms with Crippen molar-refractivity contribution in [3.05, 3.63) is 82.4 Å². The van der Waals surface area contributed by atoms with E-state index in [0.29, 0.717) is 28.5 Å². The normalized spacial score (nSPS) is 24.0. The summed E-state index contributed by atoms with van der Waals surface area (Å²) < 4.78 is 40.4. The molecule has 2 N–H and O–H groups in total. The van der Waals surface area contributed by atoms with Crippen LogP contribution in [0.4, 0.5) is 13.2 Å². The molecule has 0 spiro atoms. The highest BCUT2D eigenvalue weighted by Crippen LogP contribution is 2.53. The Hall–Kier alpha value is -2.06. The van der Waals surface area contributed by atoms with Gasteiger partial charge >= 0.3 is 6.18 Å². The van der Waals surface area contributed by atoms with Gasteiger partial charge in [0, 0.05) is 28.4 Å². The Morgan fingerprint density at radius 2 is 1.78 bits per heavy atom.